The molecule has 0 atom stereocenters. The number of nitrogens with zero attached hydrogens (tertiary/aromatic N) is 3. The van der Waals surface area contributed by atoms with E-state index in [1.165, 1.54) is 11.3 Å². The van der Waals surface area contributed by atoms with Crippen molar-refractivity contribution in [2.75, 3.05) is 31.5 Å². The SMILES string of the molecule is CCN(CC)C(=O)N1CCC(C(=O)Nc2nc3c(C)cccc3s2)CC1. The van der Waals surface area contributed by atoms with Crippen LogP contribution in [0.25, 0.3) is 10.2 Å². The standard InChI is InChI=1S/C19H26N4O2S/c1-4-22(5-2)19(25)23-11-9-14(10-12-23)17(24)21-18-20-16-13(3)7-6-8-15(16)26-18/h6-8,14H,4-5,9-12H2,1-3H3,(H,20,21,24). The van der Waals surface area contributed by atoms with E-state index in [4.69, 9.17) is 0 Å². The summed E-state index contributed by atoms with van der Waals surface area (Å²) >= 11 is 1.50. The summed E-state index contributed by atoms with van der Waals surface area (Å²) in [6, 6.07) is 6.13. The molecule has 26 heavy (non-hydrogen) atoms. The minimum atomic E-state index is -0.0659. The van der Waals surface area contributed by atoms with Crippen molar-refractivity contribution in [3.05, 3.63) is 23.8 Å². The molecule has 6 nitrogen and oxygen atoms in total. The Hall–Kier alpha value is -2.15. The van der Waals surface area contributed by atoms with Crippen LogP contribution in [-0.4, -0.2) is 52.9 Å². The lowest BCUT2D eigenvalue weighted by Crippen LogP contribution is -2.47. The molecule has 1 aliphatic rings. The first-order valence-corrected chi connectivity index (χ1v) is 10.1. The van der Waals surface area contributed by atoms with Gasteiger partial charge in [-0.2, -0.15) is 0 Å². The highest BCUT2D eigenvalue weighted by atomic mass is 32.1. The van der Waals surface area contributed by atoms with Crippen LogP contribution in [0.4, 0.5) is 9.93 Å². The number of aromatic nitrogens is 1. The number of aryl methyl sites for hydroxylation is 1. The summed E-state index contributed by atoms with van der Waals surface area (Å²) in [5.41, 5.74) is 2.06. The van der Waals surface area contributed by atoms with Crippen molar-refractivity contribution in [2.24, 2.45) is 5.92 Å². The lowest BCUT2D eigenvalue weighted by molar-refractivity contribution is -0.121. The second-order valence-electron chi connectivity index (χ2n) is 6.65. The first-order valence-electron chi connectivity index (χ1n) is 9.24. The maximum absolute atomic E-state index is 12.6. The van der Waals surface area contributed by atoms with Gasteiger partial charge in [-0.05, 0) is 45.2 Å². The Morgan fingerprint density at radius 2 is 1.96 bits per heavy atom. The van der Waals surface area contributed by atoms with Gasteiger partial charge in [-0.25, -0.2) is 9.78 Å². The second kappa shape index (κ2) is 8.03. The number of carbonyl (C=O) groups is 2. The highest BCUT2D eigenvalue weighted by molar-refractivity contribution is 7.22. The average Bonchev–Trinajstić information content (AvgIpc) is 3.06. The summed E-state index contributed by atoms with van der Waals surface area (Å²) in [6.07, 6.45) is 1.39. The molecule has 0 spiro atoms. The van der Waals surface area contributed by atoms with E-state index in [2.05, 4.69) is 10.3 Å². The largest absolute Gasteiger partial charge is 0.325 e. The van der Waals surface area contributed by atoms with Gasteiger partial charge in [0.1, 0.15) is 0 Å². The van der Waals surface area contributed by atoms with Gasteiger partial charge in [-0.15, -0.1) is 0 Å². The maximum Gasteiger partial charge on any atom is 0.319 e. The molecule has 3 rings (SSSR count). The zero-order valence-electron chi connectivity index (χ0n) is 15.6. The maximum atomic E-state index is 12.6. The van der Waals surface area contributed by atoms with Crippen molar-refractivity contribution < 1.29 is 9.59 Å². The first-order chi connectivity index (χ1) is 12.5. The molecule has 2 heterocycles. The molecule has 0 aliphatic carbocycles. The molecule has 1 aromatic carbocycles. The van der Waals surface area contributed by atoms with Crippen LogP contribution in [0, 0.1) is 12.8 Å². The fourth-order valence-corrected chi connectivity index (χ4v) is 4.32. The highest BCUT2D eigenvalue weighted by Crippen LogP contribution is 2.29. The van der Waals surface area contributed by atoms with Gasteiger partial charge in [0, 0.05) is 32.1 Å². The molecular weight excluding hydrogens is 348 g/mol. The molecule has 0 unspecified atom stereocenters. The molecular formula is C19H26N4O2S. The zero-order valence-corrected chi connectivity index (χ0v) is 16.4. The predicted molar refractivity (Wildman–Crippen MR) is 106 cm³/mol. The van der Waals surface area contributed by atoms with Gasteiger partial charge < -0.3 is 15.1 Å². The minimum Gasteiger partial charge on any atom is -0.325 e. The minimum absolute atomic E-state index is 0.0108. The molecule has 2 aromatic rings. The summed E-state index contributed by atoms with van der Waals surface area (Å²) in [7, 11) is 0. The van der Waals surface area contributed by atoms with Gasteiger partial charge in [-0.1, -0.05) is 23.5 Å². The second-order valence-corrected chi connectivity index (χ2v) is 7.68. The number of amides is 3. The number of para-hydroxylation sites is 1. The number of urea groups is 1. The fourth-order valence-electron chi connectivity index (χ4n) is 3.37. The molecule has 140 valence electrons. The topological polar surface area (TPSA) is 65.5 Å². The Morgan fingerprint density at radius 1 is 1.27 bits per heavy atom. The van der Waals surface area contributed by atoms with E-state index in [1.54, 1.807) is 0 Å². The average molecular weight is 375 g/mol. The van der Waals surface area contributed by atoms with Crippen molar-refractivity contribution in [2.45, 2.75) is 33.6 Å². The molecule has 0 radical (unpaired) electrons. The normalized spacial score (nSPS) is 15.3. The molecule has 1 aliphatic heterocycles. The number of piperidine rings is 1. The molecule has 1 N–H and O–H groups in total. The smallest absolute Gasteiger partial charge is 0.319 e. The molecule has 7 heteroatoms. The number of nitrogens with one attached hydrogen (secondary N) is 1. The lowest BCUT2D eigenvalue weighted by Gasteiger charge is -2.34. The number of hydrogen-bond donors (Lipinski definition) is 1. The van der Waals surface area contributed by atoms with Gasteiger partial charge in [0.15, 0.2) is 5.13 Å². The van der Waals surface area contributed by atoms with Crippen LogP contribution in [0.5, 0.6) is 0 Å². The van der Waals surface area contributed by atoms with Gasteiger partial charge in [-0.3, -0.25) is 4.79 Å². The van der Waals surface area contributed by atoms with Crippen molar-refractivity contribution >= 4 is 38.6 Å². The van der Waals surface area contributed by atoms with Crippen molar-refractivity contribution in [1.82, 2.24) is 14.8 Å². The molecule has 1 fully saturated rings. The van der Waals surface area contributed by atoms with E-state index < -0.39 is 0 Å². The van der Waals surface area contributed by atoms with Crippen molar-refractivity contribution in [1.29, 1.82) is 0 Å². The molecule has 1 aromatic heterocycles. The number of carbonyl (C=O) groups excluding carboxylic acids is 2. The van der Waals surface area contributed by atoms with E-state index in [0.717, 1.165) is 15.8 Å². The summed E-state index contributed by atoms with van der Waals surface area (Å²) < 4.78 is 1.08. The predicted octanol–water partition coefficient (Wildman–Crippen LogP) is 3.72. The van der Waals surface area contributed by atoms with Gasteiger partial charge in [0.2, 0.25) is 5.91 Å². The third-order valence-corrected chi connectivity index (χ3v) is 5.96. The summed E-state index contributed by atoms with van der Waals surface area (Å²) in [4.78, 5) is 33.2. The number of thiazole rings is 1. The Morgan fingerprint density at radius 3 is 2.58 bits per heavy atom. The van der Waals surface area contributed by atoms with Gasteiger partial charge in [0.25, 0.3) is 0 Å². The summed E-state index contributed by atoms with van der Waals surface area (Å²) in [6.45, 7) is 8.69. The number of fused-ring (bicyclic) bond motifs is 1. The first kappa shape index (κ1) is 18.6. The number of likely N-dealkylation sites (tertiary alicyclic amines) is 1. The number of hydrogen-bond acceptors (Lipinski definition) is 4. The third kappa shape index (κ3) is 3.82. The Kier molecular flexibility index (Phi) is 5.76. The third-order valence-electron chi connectivity index (χ3n) is 5.02. The van der Waals surface area contributed by atoms with Crippen molar-refractivity contribution in [3.8, 4) is 0 Å². The molecule has 3 amide bonds. The number of anilines is 1. The summed E-state index contributed by atoms with van der Waals surface area (Å²) in [5, 5.41) is 3.63. The van der Waals surface area contributed by atoms with Crippen LogP contribution in [0.2, 0.25) is 0 Å². The lowest BCUT2D eigenvalue weighted by atomic mass is 9.96. The number of benzene rings is 1. The van der Waals surface area contributed by atoms with Gasteiger partial charge in [0.05, 0.1) is 10.2 Å². The Bertz CT molecular complexity index is 792. The van der Waals surface area contributed by atoms with Crippen LogP contribution in [0.3, 0.4) is 0 Å². The van der Waals surface area contributed by atoms with E-state index in [9.17, 15) is 9.59 Å². The van der Waals surface area contributed by atoms with Crippen LogP contribution in [0.1, 0.15) is 32.3 Å². The van der Waals surface area contributed by atoms with Gasteiger partial charge >= 0.3 is 6.03 Å². The monoisotopic (exact) mass is 374 g/mol. The van der Waals surface area contributed by atoms with Crippen LogP contribution in [0.15, 0.2) is 18.2 Å². The zero-order chi connectivity index (χ0) is 18.7. The quantitative estimate of drug-likeness (QED) is 0.887. The Labute approximate surface area is 158 Å². The van der Waals surface area contributed by atoms with Crippen LogP contribution in [-0.2, 0) is 4.79 Å². The van der Waals surface area contributed by atoms with Crippen molar-refractivity contribution in [3.63, 3.8) is 0 Å². The fraction of sp³-hybridized carbons (Fsp3) is 0.526. The van der Waals surface area contributed by atoms with Crippen LogP contribution >= 0.6 is 11.3 Å². The highest BCUT2D eigenvalue weighted by Gasteiger charge is 2.29. The summed E-state index contributed by atoms with van der Waals surface area (Å²) in [5.74, 6) is -0.0551. The number of rotatable bonds is 4. The van der Waals surface area contributed by atoms with E-state index in [1.807, 2.05) is 48.8 Å². The van der Waals surface area contributed by atoms with E-state index in [-0.39, 0.29) is 17.9 Å². The molecule has 0 saturated carbocycles. The molecule has 1 saturated heterocycles. The van der Waals surface area contributed by atoms with E-state index in [0.29, 0.717) is 44.2 Å². The Balaban J connectivity index is 1.58. The van der Waals surface area contributed by atoms with E-state index >= 15 is 0 Å². The molecule has 0 bridgehead atoms. The van der Waals surface area contributed by atoms with Crippen LogP contribution < -0.4 is 5.32 Å².